The number of hydrogen-bond acceptors (Lipinski definition) is 2. The van der Waals surface area contributed by atoms with Crippen LogP contribution in [0.25, 0.3) is 0 Å². The van der Waals surface area contributed by atoms with Gasteiger partial charge in [0.25, 0.3) is 5.91 Å². The maximum atomic E-state index is 11.0. The standard InChI is InChI=1S/C7H7ClN2O2/c8-4-6(11)10-3-1-2-5(10)7(9)12/h1-3H,4H2,(H2,9,12). The van der Waals surface area contributed by atoms with E-state index in [9.17, 15) is 9.59 Å². The molecule has 64 valence electrons. The van der Waals surface area contributed by atoms with Gasteiger partial charge in [0.05, 0.1) is 0 Å². The Hall–Kier alpha value is -1.29. The first kappa shape index (κ1) is 8.80. The molecule has 0 saturated heterocycles. The molecular weight excluding hydrogens is 180 g/mol. The smallest absolute Gasteiger partial charge is 0.265 e. The Morgan fingerprint density at radius 3 is 2.75 bits per heavy atom. The van der Waals surface area contributed by atoms with E-state index in [1.807, 2.05) is 0 Å². The van der Waals surface area contributed by atoms with Gasteiger partial charge in [-0.05, 0) is 12.1 Å². The summed E-state index contributed by atoms with van der Waals surface area (Å²) in [6, 6.07) is 3.03. The average Bonchev–Trinajstić information content (AvgIpc) is 2.50. The van der Waals surface area contributed by atoms with Gasteiger partial charge < -0.3 is 5.73 Å². The van der Waals surface area contributed by atoms with Crippen molar-refractivity contribution in [1.29, 1.82) is 0 Å². The summed E-state index contributed by atoms with van der Waals surface area (Å²) >= 11 is 5.30. The predicted molar refractivity (Wildman–Crippen MR) is 44.3 cm³/mol. The third-order valence-corrected chi connectivity index (χ3v) is 1.61. The van der Waals surface area contributed by atoms with Crippen LogP contribution in [0.15, 0.2) is 18.3 Å². The monoisotopic (exact) mass is 186 g/mol. The van der Waals surface area contributed by atoms with Crippen LogP contribution in [-0.4, -0.2) is 22.3 Å². The average molecular weight is 187 g/mol. The molecule has 1 heterocycles. The molecule has 12 heavy (non-hydrogen) atoms. The summed E-state index contributed by atoms with van der Waals surface area (Å²) in [6.07, 6.45) is 1.45. The number of primary amides is 1. The van der Waals surface area contributed by atoms with Crippen LogP contribution in [0.4, 0.5) is 0 Å². The molecule has 0 fully saturated rings. The molecule has 0 saturated carbocycles. The van der Waals surface area contributed by atoms with Crippen LogP contribution >= 0.6 is 11.6 Å². The number of amides is 1. The van der Waals surface area contributed by atoms with Gasteiger partial charge >= 0.3 is 0 Å². The zero-order valence-electron chi connectivity index (χ0n) is 6.16. The highest BCUT2D eigenvalue weighted by atomic mass is 35.5. The Labute approximate surface area is 73.9 Å². The van der Waals surface area contributed by atoms with Gasteiger partial charge in [-0.25, -0.2) is 0 Å². The fourth-order valence-electron chi connectivity index (χ4n) is 0.864. The summed E-state index contributed by atoms with van der Waals surface area (Å²) < 4.78 is 1.13. The third-order valence-electron chi connectivity index (χ3n) is 1.38. The molecule has 1 aromatic rings. The highest BCUT2D eigenvalue weighted by Gasteiger charge is 2.11. The van der Waals surface area contributed by atoms with Crippen molar-refractivity contribution in [2.75, 3.05) is 5.88 Å². The minimum Gasteiger partial charge on any atom is -0.364 e. The number of nitrogens with zero attached hydrogens (tertiary/aromatic N) is 1. The van der Waals surface area contributed by atoms with E-state index in [0.717, 1.165) is 4.57 Å². The van der Waals surface area contributed by atoms with E-state index in [1.165, 1.54) is 12.3 Å². The minimum atomic E-state index is -0.640. The number of aromatic nitrogens is 1. The van der Waals surface area contributed by atoms with E-state index in [1.54, 1.807) is 6.07 Å². The molecule has 0 radical (unpaired) electrons. The number of hydrogen-bond donors (Lipinski definition) is 1. The van der Waals surface area contributed by atoms with Gasteiger partial charge in [-0.15, -0.1) is 11.6 Å². The van der Waals surface area contributed by atoms with Gasteiger partial charge in [0.1, 0.15) is 11.6 Å². The van der Waals surface area contributed by atoms with Gasteiger partial charge in [0.15, 0.2) is 0 Å². The van der Waals surface area contributed by atoms with Crippen LogP contribution in [-0.2, 0) is 0 Å². The largest absolute Gasteiger partial charge is 0.364 e. The summed E-state index contributed by atoms with van der Waals surface area (Å²) in [5.74, 6) is -1.18. The molecule has 1 rings (SSSR count). The molecule has 0 aliphatic carbocycles. The van der Waals surface area contributed by atoms with E-state index in [2.05, 4.69) is 0 Å². The second kappa shape index (κ2) is 3.40. The zero-order chi connectivity index (χ0) is 9.14. The highest BCUT2D eigenvalue weighted by Crippen LogP contribution is 2.01. The van der Waals surface area contributed by atoms with Crippen molar-refractivity contribution in [2.45, 2.75) is 0 Å². The van der Waals surface area contributed by atoms with Crippen LogP contribution in [0.5, 0.6) is 0 Å². The molecule has 1 aromatic heterocycles. The molecule has 0 spiro atoms. The fraction of sp³-hybridized carbons (Fsp3) is 0.143. The third kappa shape index (κ3) is 1.48. The molecular formula is C7H7ClN2O2. The Kier molecular flexibility index (Phi) is 2.50. The lowest BCUT2D eigenvalue weighted by Crippen LogP contribution is -2.21. The molecule has 2 N–H and O–H groups in total. The summed E-state index contributed by atoms with van der Waals surface area (Å²) in [5.41, 5.74) is 5.15. The summed E-state index contributed by atoms with van der Waals surface area (Å²) in [4.78, 5) is 21.7. The van der Waals surface area contributed by atoms with Crippen LogP contribution in [0.3, 0.4) is 0 Å². The number of nitrogens with two attached hydrogens (primary N) is 1. The molecule has 0 atom stereocenters. The lowest BCUT2D eigenvalue weighted by atomic mass is 10.4. The van der Waals surface area contributed by atoms with Crippen LogP contribution < -0.4 is 5.73 Å². The molecule has 0 aliphatic heterocycles. The molecule has 0 aromatic carbocycles. The Bertz CT molecular complexity index is 319. The highest BCUT2D eigenvalue weighted by molar-refractivity contribution is 6.27. The van der Waals surface area contributed by atoms with Gasteiger partial charge in [-0.3, -0.25) is 14.2 Å². The lowest BCUT2D eigenvalue weighted by Gasteiger charge is -2.00. The Morgan fingerprint density at radius 1 is 1.58 bits per heavy atom. The number of carbonyl (C=O) groups is 2. The summed E-state index contributed by atoms with van der Waals surface area (Å²) in [6.45, 7) is 0. The van der Waals surface area contributed by atoms with E-state index in [-0.39, 0.29) is 17.5 Å². The van der Waals surface area contributed by atoms with E-state index in [4.69, 9.17) is 17.3 Å². The molecule has 0 bridgehead atoms. The van der Waals surface area contributed by atoms with Gasteiger partial charge in [-0.1, -0.05) is 0 Å². The van der Waals surface area contributed by atoms with Crippen LogP contribution in [0.1, 0.15) is 15.3 Å². The maximum absolute atomic E-state index is 11.0. The number of rotatable bonds is 2. The molecule has 0 aliphatic rings. The van der Waals surface area contributed by atoms with Crippen molar-refractivity contribution in [3.05, 3.63) is 24.0 Å². The van der Waals surface area contributed by atoms with Crippen molar-refractivity contribution in [1.82, 2.24) is 4.57 Å². The molecule has 0 unspecified atom stereocenters. The van der Waals surface area contributed by atoms with Gasteiger partial charge in [0, 0.05) is 6.20 Å². The molecule has 1 amide bonds. The number of carbonyl (C=O) groups excluding carboxylic acids is 2. The van der Waals surface area contributed by atoms with Crippen molar-refractivity contribution in [3.8, 4) is 0 Å². The van der Waals surface area contributed by atoms with Crippen molar-refractivity contribution in [3.63, 3.8) is 0 Å². The molecule has 4 nitrogen and oxygen atoms in total. The van der Waals surface area contributed by atoms with Crippen LogP contribution in [0.2, 0.25) is 0 Å². The van der Waals surface area contributed by atoms with E-state index in [0.29, 0.717) is 0 Å². The van der Waals surface area contributed by atoms with Gasteiger partial charge in [0.2, 0.25) is 5.91 Å². The Morgan fingerprint density at radius 2 is 2.25 bits per heavy atom. The lowest BCUT2D eigenvalue weighted by molar-refractivity contribution is 0.0908. The van der Waals surface area contributed by atoms with Crippen LogP contribution in [0, 0.1) is 0 Å². The topological polar surface area (TPSA) is 65.1 Å². The maximum Gasteiger partial charge on any atom is 0.265 e. The normalized spacial score (nSPS) is 9.75. The van der Waals surface area contributed by atoms with E-state index < -0.39 is 5.91 Å². The number of halogens is 1. The number of alkyl halides is 1. The van der Waals surface area contributed by atoms with Crippen molar-refractivity contribution >= 4 is 23.4 Å². The second-order valence-corrected chi connectivity index (χ2v) is 2.42. The fourth-order valence-corrected chi connectivity index (χ4v) is 0.992. The summed E-state index contributed by atoms with van der Waals surface area (Å²) in [7, 11) is 0. The minimum absolute atomic E-state index is 0.153. The first-order valence-electron chi connectivity index (χ1n) is 3.23. The molecule has 5 heteroatoms. The van der Waals surface area contributed by atoms with Gasteiger partial charge in [-0.2, -0.15) is 0 Å². The predicted octanol–water partition coefficient (Wildman–Crippen LogP) is 0.466. The second-order valence-electron chi connectivity index (χ2n) is 2.16. The van der Waals surface area contributed by atoms with Crippen molar-refractivity contribution in [2.24, 2.45) is 5.73 Å². The van der Waals surface area contributed by atoms with Crippen molar-refractivity contribution < 1.29 is 9.59 Å². The van der Waals surface area contributed by atoms with E-state index >= 15 is 0 Å². The Balaban J connectivity index is 3.07. The summed E-state index contributed by atoms with van der Waals surface area (Å²) in [5, 5.41) is 0. The SMILES string of the molecule is NC(=O)c1cccn1C(=O)CCl. The zero-order valence-corrected chi connectivity index (χ0v) is 6.91. The quantitative estimate of drug-likeness (QED) is 0.683. The first-order valence-corrected chi connectivity index (χ1v) is 3.76. The first-order chi connectivity index (χ1) is 5.66.